The van der Waals surface area contributed by atoms with Gasteiger partial charge in [-0.1, -0.05) is 18.2 Å². The Bertz CT molecular complexity index is 623. The lowest BCUT2D eigenvalue weighted by Crippen LogP contribution is -2.04. The number of nitrogens with one attached hydrogen (secondary N) is 1. The van der Waals surface area contributed by atoms with Crippen LogP contribution in [0.5, 0.6) is 0 Å². The molecule has 3 rings (SSSR count). The van der Waals surface area contributed by atoms with Crippen LogP contribution in [0.25, 0.3) is 11.4 Å². The predicted octanol–water partition coefficient (Wildman–Crippen LogP) is 3.60. The molecule has 0 unspecified atom stereocenters. The van der Waals surface area contributed by atoms with Gasteiger partial charge in [-0.2, -0.15) is 0 Å². The molecule has 0 radical (unpaired) electrons. The Balaban J connectivity index is 1.97. The summed E-state index contributed by atoms with van der Waals surface area (Å²) in [6.07, 6.45) is 2.48. The number of hydrogen-bond acceptors (Lipinski definition) is 4. The van der Waals surface area contributed by atoms with E-state index >= 15 is 0 Å². The first-order valence-corrected chi connectivity index (χ1v) is 7.51. The number of anilines is 1. The molecule has 1 aliphatic carbocycles. The number of hydrogen-bond donors (Lipinski definition) is 1. The molecule has 2 aromatic rings. The summed E-state index contributed by atoms with van der Waals surface area (Å²) in [5, 5.41) is 3.30. The van der Waals surface area contributed by atoms with Crippen LogP contribution in [0.2, 0.25) is 0 Å². The highest BCUT2D eigenvalue weighted by molar-refractivity contribution is 5.59. The fourth-order valence-electron chi connectivity index (χ4n) is 2.42. The molecule has 0 atom stereocenters. The van der Waals surface area contributed by atoms with E-state index in [4.69, 9.17) is 9.72 Å². The Kier molecular flexibility index (Phi) is 4.15. The van der Waals surface area contributed by atoms with Crippen molar-refractivity contribution in [3.63, 3.8) is 0 Å². The zero-order valence-electron chi connectivity index (χ0n) is 12.6. The molecular formula is C17H21N3O. The van der Waals surface area contributed by atoms with Crippen LogP contribution >= 0.6 is 0 Å². The van der Waals surface area contributed by atoms with Crippen molar-refractivity contribution >= 4 is 5.82 Å². The molecule has 0 aliphatic heterocycles. The smallest absolute Gasteiger partial charge is 0.161 e. The van der Waals surface area contributed by atoms with Gasteiger partial charge in [0.2, 0.25) is 0 Å². The topological polar surface area (TPSA) is 47.0 Å². The molecule has 21 heavy (non-hydrogen) atoms. The molecular weight excluding hydrogens is 262 g/mol. The van der Waals surface area contributed by atoms with Crippen molar-refractivity contribution in [1.82, 2.24) is 9.97 Å². The summed E-state index contributed by atoms with van der Waals surface area (Å²) in [6, 6.07) is 10.3. The summed E-state index contributed by atoms with van der Waals surface area (Å²) >= 11 is 0. The highest BCUT2D eigenvalue weighted by Gasteiger charge is 2.26. The molecule has 1 aliphatic rings. The van der Waals surface area contributed by atoms with Crippen LogP contribution < -0.4 is 5.32 Å². The van der Waals surface area contributed by atoms with E-state index in [1.54, 1.807) is 7.11 Å². The quantitative estimate of drug-likeness (QED) is 0.880. The molecule has 1 fully saturated rings. The number of rotatable bonds is 6. The van der Waals surface area contributed by atoms with Gasteiger partial charge in [-0.3, -0.25) is 0 Å². The summed E-state index contributed by atoms with van der Waals surface area (Å²) < 4.78 is 5.20. The van der Waals surface area contributed by atoms with Gasteiger partial charge in [0, 0.05) is 36.9 Å². The monoisotopic (exact) mass is 283 g/mol. The molecule has 1 aromatic heterocycles. The maximum absolute atomic E-state index is 5.20. The molecule has 1 N–H and O–H groups in total. The molecule has 0 saturated heterocycles. The van der Waals surface area contributed by atoms with Gasteiger partial charge in [0.1, 0.15) is 5.82 Å². The fraction of sp³-hybridized carbons (Fsp3) is 0.412. The Morgan fingerprint density at radius 2 is 2.10 bits per heavy atom. The average molecular weight is 283 g/mol. The van der Waals surface area contributed by atoms with Gasteiger partial charge in [0.15, 0.2) is 5.82 Å². The van der Waals surface area contributed by atoms with E-state index in [0.29, 0.717) is 12.5 Å². The lowest BCUT2D eigenvalue weighted by Gasteiger charge is -2.09. The second-order valence-corrected chi connectivity index (χ2v) is 5.44. The second-order valence-electron chi connectivity index (χ2n) is 5.44. The van der Waals surface area contributed by atoms with Crippen LogP contribution in [-0.2, 0) is 11.3 Å². The molecule has 4 heteroatoms. The zero-order chi connectivity index (χ0) is 14.7. The Morgan fingerprint density at radius 3 is 2.81 bits per heavy atom. The Labute approximate surface area is 125 Å². The third-order valence-electron chi connectivity index (χ3n) is 3.60. The van der Waals surface area contributed by atoms with E-state index in [9.17, 15) is 0 Å². The molecule has 0 amide bonds. The number of methoxy groups -OCH3 is 1. The van der Waals surface area contributed by atoms with Crippen molar-refractivity contribution in [3.8, 4) is 11.4 Å². The van der Waals surface area contributed by atoms with E-state index in [0.717, 1.165) is 35.0 Å². The molecule has 0 spiro atoms. The van der Waals surface area contributed by atoms with Crippen LogP contribution in [0.3, 0.4) is 0 Å². The van der Waals surface area contributed by atoms with E-state index < -0.39 is 0 Å². The third-order valence-corrected chi connectivity index (χ3v) is 3.60. The van der Waals surface area contributed by atoms with Gasteiger partial charge in [-0.05, 0) is 31.4 Å². The van der Waals surface area contributed by atoms with Crippen molar-refractivity contribution in [3.05, 3.63) is 41.6 Å². The third kappa shape index (κ3) is 3.39. The summed E-state index contributed by atoms with van der Waals surface area (Å²) in [7, 11) is 1.71. The van der Waals surface area contributed by atoms with E-state index in [1.165, 1.54) is 12.8 Å². The number of aromatic nitrogens is 2. The largest absolute Gasteiger partial charge is 0.380 e. The first-order valence-electron chi connectivity index (χ1n) is 7.51. The van der Waals surface area contributed by atoms with Gasteiger partial charge in [0.25, 0.3) is 0 Å². The van der Waals surface area contributed by atoms with Gasteiger partial charge < -0.3 is 10.1 Å². The van der Waals surface area contributed by atoms with Crippen LogP contribution in [0.4, 0.5) is 5.82 Å². The summed E-state index contributed by atoms with van der Waals surface area (Å²) in [4.78, 5) is 9.40. The van der Waals surface area contributed by atoms with Crippen molar-refractivity contribution in [2.24, 2.45) is 0 Å². The van der Waals surface area contributed by atoms with Crippen LogP contribution in [0.15, 0.2) is 30.3 Å². The van der Waals surface area contributed by atoms with Crippen molar-refractivity contribution in [2.75, 3.05) is 19.0 Å². The average Bonchev–Trinajstić information content (AvgIpc) is 3.33. The van der Waals surface area contributed by atoms with Crippen LogP contribution in [0.1, 0.15) is 36.9 Å². The summed E-state index contributed by atoms with van der Waals surface area (Å²) in [5.41, 5.74) is 3.35. The zero-order valence-corrected chi connectivity index (χ0v) is 12.6. The van der Waals surface area contributed by atoms with E-state index in [-0.39, 0.29) is 0 Å². The fourth-order valence-corrected chi connectivity index (χ4v) is 2.42. The normalized spacial score (nSPS) is 14.2. The highest BCUT2D eigenvalue weighted by atomic mass is 16.5. The maximum atomic E-state index is 5.20. The highest BCUT2D eigenvalue weighted by Crippen LogP contribution is 2.40. The van der Waals surface area contributed by atoms with Crippen molar-refractivity contribution in [2.45, 2.75) is 32.3 Å². The van der Waals surface area contributed by atoms with Gasteiger partial charge in [-0.25, -0.2) is 9.97 Å². The molecule has 1 aromatic carbocycles. The SMILES string of the molecule is CCNc1cc(C2CC2)nc(-c2cccc(COC)c2)n1. The van der Waals surface area contributed by atoms with Crippen molar-refractivity contribution in [1.29, 1.82) is 0 Å². The van der Waals surface area contributed by atoms with Gasteiger partial charge >= 0.3 is 0 Å². The Hall–Kier alpha value is -1.94. The Morgan fingerprint density at radius 1 is 1.24 bits per heavy atom. The lowest BCUT2D eigenvalue weighted by atomic mass is 10.1. The van der Waals surface area contributed by atoms with Gasteiger partial charge in [-0.15, -0.1) is 0 Å². The van der Waals surface area contributed by atoms with E-state index in [1.807, 2.05) is 6.07 Å². The minimum absolute atomic E-state index is 0.607. The molecule has 110 valence electrons. The molecule has 1 saturated carbocycles. The summed E-state index contributed by atoms with van der Waals surface area (Å²) in [5.74, 6) is 2.33. The minimum atomic E-state index is 0.607. The van der Waals surface area contributed by atoms with Crippen LogP contribution in [-0.4, -0.2) is 23.6 Å². The molecule has 1 heterocycles. The molecule has 4 nitrogen and oxygen atoms in total. The number of ether oxygens (including phenoxy) is 1. The van der Waals surface area contributed by atoms with Crippen LogP contribution in [0, 0.1) is 0 Å². The van der Waals surface area contributed by atoms with Crippen molar-refractivity contribution < 1.29 is 4.74 Å². The van der Waals surface area contributed by atoms with E-state index in [2.05, 4.69) is 41.5 Å². The summed E-state index contributed by atoms with van der Waals surface area (Å²) in [6.45, 7) is 3.55. The predicted molar refractivity (Wildman–Crippen MR) is 84.3 cm³/mol. The maximum Gasteiger partial charge on any atom is 0.161 e. The lowest BCUT2D eigenvalue weighted by molar-refractivity contribution is 0.185. The minimum Gasteiger partial charge on any atom is -0.380 e. The molecule has 0 bridgehead atoms. The number of benzene rings is 1. The second kappa shape index (κ2) is 6.22. The standard InChI is InChI=1S/C17H21N3O/c1-3-18-16-10-15(13-7-8-13)19-17(20-16)14-6-4-5-12(9-14)11-21-2/h4-6,9-10,13H,3,7-8,11H2,1-2H3,(H,18,19,20). The first-order chi connectivity index (χ1) is 10.3. The first kappa shape index (κ1) is 14.0. The number of nitrogens with zero attached hydrogens (tertiary/aromatic N) is 2. The van der Waals surface area contributed by atoms with Gasteiger partial charge in [0.05, 0.1) is 6.61 Å².